The average molecular weight is 311 g/mol. The van der Waals surface area contributed by atoms with E-state index in [2.05, 4.69) is 20.7 Å². The number of hydrogen-bond donors (Lipinski definition) is 3. The molecule has 114 valence electrons. The van der Waals surface area contributed by atoms with Gasteiger partial charge in [0.2, 0.25) is 0 Å². The smallest absolute Gasteiger partial charge is 0.374 e. The third-order valence-electron chi connectivity index (χ3n) is 2.03. The lowest BCUT2D eigenvalue weighted by Gasteiger charge is -2.10. The number of aromatic nitrogens is 2. The Morgan fingerprint density at radius 1 is 1.35 bits per heavy atom. The SMILES string of the molecule is CCOCc1nc(NN)cc(NCCSC(F)(F)F)n1. The number of alkyl halides is 3. The number of hydrazine groups is 1. The summed E-state index contributed by atoms with van der Waals surface area (Å²) in [5.41, 5.74) is -1.86. The molecule has 0 unspecified atom stereocenters. The van der Waals surface area contributed by atoms with E-state index >= 15 is 0 Å². The first kappa shape index (κ1) is 16.8. The lowest BCUT2D eigenvalue weighted by atomic mass is 10.5. The summed E-state index contributed by atoms with van der Waals surface area (Å²) in [5, 5.41) is 2.79. The first-order valence-corrected chi connectivity index (χ1v) is 6.80. The monoisotopic (exact) mass is 311 g/mol. The van der Waals surface area contributed by atoms with Crippen molar-refractivity contribution in [3.63, 3.8) is 0 Å². The Labute approximate surface area is 118 Å². The first-order chi connectivity index (χ1) is 9.44. The quantitative estimate of drug-likeness (QED) is 0.384. The highest BCUT2D eigenvalue weighted by molar-refractivity contribution is 8.00. The molecule has 6 nitrogen and oxygen atoms in total. The number of anilines is 2. The standard InChI is InChI=1S/C10H16F3N5OS/c1-2-19-6-9-16-7(5-8(17-9)18-14)15-3-4-20-10(11,12)13/h5H,2-4,6,14H2,1H3,(H2,15,16,17,18). The third-order valence-corrected chi connectivity index (χ3v) is 2.77. The maximum Gasteiger partial charge on any atom is 0.441 e. The normalized spacial score (nSPS) is 11.4. The van der Waals surface area contributed by atoms with Gasteiger partial charge in [-0.05, 0) is 18.7 Å². The number of ether oxygens (including phenoxy) is 1. The van der Waals surface area contributed by atoms with E-state index in [0.717, 1.165) is 0 Å². The van der Waals surface area contributed by atoms with Gasteiger partial charge in [-0.2, -0.15) is 13.2 Å². The highest BCUT2D eigenvalue weighted by Gasteiger charge is 2.27. The van der Waals surface area contributed by atoms with Gasteiger partial charge in [0.05, 0.1) is 0 Å². The maximum atomic E-state index is 12.0. The van der Waals surface area contributed by atoms with E-state index in [9.17, 15) is 13.2 Å². The molecule has 1 aromatic rings. The zero-order valence-corrected chi connectivity index (χ0v) is 11.6. The van der Waals surface area contributed by atoms with E-state index in [4.69, 9.17) is 10.6 Å². The van der Waals surface area contributed by atoms with E-state index in [-0.39, 0.29) is 30.7 Å². The fourth-order valence-corrected chi connectivity index (χ4v) is 1.70. The molecule has 0 radical (unpaired) electrons. The fourth-order valence-electron chi connectivity index (χ4n) is 1.27. The van der Waals surface area contributed by atoms with Crippen LogP contribution in [0.25, 0.3) is 0 Å². The molecule has 0 aliphatic rings. The summed E-state index contributed by atoms with van der Waals surface area (Å²) in [6.45, 7) is 2.67. The molecule has 0 spiro atoms. The van der Waals surface area contributed by atoms with Crippen molar-refractivity contribution in [2.24, 2.45) is 5.84 Å². The minimum absolute atomic E-state index is 0.0901. The highest BCUT2D eigenvalue weighted by atomic mass is 32.2. The van der Waals surface area contributed by atoms with Gasteiger partial charge in [-0.3, -0.25) is 0 Å². The van der Waals surface area contributed by atoms with Crippen LogP contribution in [0, 0.1) is 0 Å². The maximum absolute atomic E-state index is 12.0. The number of nitrogens with zero attached hydrogens (tertiary/aromatic N) is 2. The van der Waals surface area contributed by atoms with Gasteiger partial charge < -0.3 is 15.5 Å². The molecule has 1 heterocycles. The Balaban J connectivity index is 2.55. The van der Waals surface area contributed by atoms with Crippen molar-refractivity contribution >= 4 is 23.4 Å². The molecular weight excluding hydrogens is 295 g/mol. The van der Waals surface area contributed by atoms with Crippen LogP contribution in [0.15, 0.2) is 6.07 Å². The minimum Gasteiger partial charge on any atom is -0.374 e. The Kier molecular flexibility index (Phi) is 6.82. The summed E-state index contributed by atoms with van der Waals surface area (Å²) >= 11 is -0.0901. The van der Waals surface area contributed by atoms with Crippen LogP contribution in [0.1, 0.15) is 12.7 Å². The Morgan fingerprint density at radius 3 is 2.65 bits per heavy atom. The van der Waals surface area contributed by atoms with Crippen LogP contribution in [0.4, 0.5) is 24.8 Å². The second kappa shape index (κ2) is 8.12. The third kappa shape index (κ3) is 6.78. The van der Waals surface area contributed by atoms with Crippen LogP contribution in [0.5, 0.6) is 0 Å². The van der Waals surface area contributed by atoms with Gasteiger partial charge >= 0.3 is 5.51 Å². The lowest BCUT2D eigenvalue weighted by molar-refractivity contribution is -0.0327. The van der Waals surface area contributed by atoms with Crippen molar-refractivity contribution in [2.45, 2.75) is 19.0 Å². The van der Waals surface area contributed by atoms with E-state index in [0.29, 0.717) is 24.1 Å². The minimum atomic E-state index is -4.22. The summed E-state index contributed by atoms with van der Waals surface area (Å²) in [5.74, 6) is 6.31. The molecule has 10 heteroatoms. The van der Waals surface area contributed by atoms with Gasteiger partial charge in [0.25, 0.3) is 0 Å². The molecule has 20 heavy (non-hydrogen) atoms. The Hall–Kier alpha value is -1.26. The number of thioether (sulfide) groups is 1. The van der Waals surface area contributed by atoms with Crippen molar-refractivity contribution in [1.29, 1.82) is 0 Å². The van der Waals surface area contributed by atoms with Gasteiger partial charge in [0.15, 0.2) is 5.82 Å². The molecule has 4 N–H and O–H groups in total. The average Bonchev–Trinajstić information content (AvgIpc) is 2.40. The second-order valence-electron chi connectivity index (χ2n) is 3.56. The lowest BCUT2D eigenvalue weighted by Crippen LogP contribution is -2.14. The zero-order valence-electron chi connectivity index (χ0n) is 10.8. The van der Waals surface area contributed by atoms with E-state index < -0.39 is 5.51 Å². The van der Waals surface area contributed by atoms with E-state index in [1.54, 1.807) is 0 Å². The number of hydrogen-bond acceptors (Lipinski definition) is 7. The molecular formula is C10H16F3N5OS. The fraction of sp³-hybridized carbons (Fsp3) is 0.600. The predicted octanol–water partition coefficient (Wildman–Crippen LogP) is 1.96. The highest BCUT2D eigenvalue weighted by Crippen LogP contribution is 2.29. The van der Waals surface area contributed by atoms with Gasteiger partial charge in [-0.15, -0.1) is 0 Å². The Morgan fingerprint density at radius 2 is 2.05 bits per heavy atom. The number of nitrogens with one attached hydrogen (secondary N) is 2. The van der Waals surface area contributed by atoms with Crippen LogP contribution >= 0.6 is 11.8 Å². The van der Waals surface area contributed by atoms with E-state index in [1.807, 2.05) is 6.92 Å². The molecule has 0 aromatic carbocycles. The molecule has 0 amide bonds. The van der Waals surface area contributed by atoms with Gasteiger partial charge in [0.1, 0.15) is 18.2 Å². The van der Waals surface area contributed by atoms with Crippen molar-refractivity contribution in [3.8, 4) is 0 Å². The summed E-state index contributed by atoms with van der Waals surface area (Å²) in [7, 11) is 0. The molecule has 0 atom stereocenters. The van der Waals surface area contributed by atoms with Crippen molar-refractivity contribution < 1.29 is 17.9 Å². The first-order valence-electron chi connectivity index (χ1n) is 5.81. The van der Waals surface area contributed by atoms with Gasteiger partial charge in [-0.25, -0.2) is 15.8 Å². The second-order valence-corrected chi connectivity index (χ2v) is 4.72. The number of nitrogens with two attached hydrogens (primary N) is 1. The predicted molar refractivity (Wildman–Crippen MR) is 72.2 cm³/mol. The molecule has 0 saturated heterocycles. The number of rotatable bonds is 8. The van der Waals surface area contributed by atoms with Crippen LogP contribution in [-0.2, 0) is 11.3 Å². The summed E-state index contributed by atoms with van der Waals surface area (Å²) in [6, 6.07) is 1.51. The van der Waals surface area contributed by atoms with Crippen molar-refractivity contribution in [1.82, 2.24) is 9.97 Å². The van der Waals surface area contributed by atoms with Crippen molar-refractivity contribution in [2.75, 3.05) is 29.6 Å². The zero-order chi connectivity index (χ0) is 15.0. The van der Waals surface area contributed by atoms with Crippen molar-refractivity contribution in [3.05, 3.63) is 11.9 Å². The van der Waals surface area contributed by atoms with Crippen LogP contribution in [0.2, 0.25) is 0 Å². The van der Waals surface area contributed by atoms with Crippen LogP contribution < -0.4 is 16.6 Å². The molecule has 1 aromatic heterocycles. The van der Waals surface area contributed by atoms with Crippen LogP contribution in [-0.4, -0.2) is 34.4 Å². The Bertz CT molecular complexity index is 418. The molecule has 0 saturated carbocycles. The molecule has 0 bridgehead atoms. The molecule has 0 aliphatic heterocycles. The molecule has 0 aliphatic carbocycles. The van der Waals surface area contributed by atoms with E-state index in [1.165, 1.54) is 6.07 Å². The topological polar surface area (TPSA) is 85.1 Å². The van der Waals surface area contributed by atoms with Gasteiger partial charge in [-0.1, -0.05) is 0 Å². The summed E-state index contributed by atoms with van der Waals surface area (Å²) < 4.78 is 41.1. The number of halogens is 3. The number of nitrogen functional groups attached to an aromatic ring is 1. The van der Waals surface area contributed by atoms with Crippen LogP contribution in [0.3, 0.4) is 0 Å². The van der Waals surface area contributed by atoms with Gasteiger partial charge in [0, 0.05) is 25.0 Å². The molecule has 1 rings (SSSR count). The molecule has 0 fully saturated rings. The largest absolute Gasteiger partial charge is 0.441 e. The summed E-state index contributed by atoms with van der Waals surface area (Å²) in [4.78, 5) is 8.18. The summed E-state index contributed by atoms with van der Waals surface area (Å²) in [6.07, 6.45) is 0.